The van der Waals surface area contributed by atoms with Crippen molar-refractivity contribution in [3.8, 4) is 0 Å². The Hall–Kier alpha value is -1.75. The third-order valence-electron chi connectivity index (χ3n) is 5.04. The van der Waals surface area contributed by atoms with Crippen molar-refractivity contribution in [1.29, 1.82) is 0 Å². The highest BCUT2D eigenvalue weighted by Crippen LogP contribution is 2.26. The number of hydrogen-bond donors (Lipinski definition) is 1. The van der Waals surface area contributed by atoms with Gasteiger partial charge in [0.15, 0.2) is 0 Å². The minimum Gasteiger partial charge on any atom is -0.376 e. The summed E-state index contributed by atoms with van der Waals surface area (Å²) in [5, 5.41) is 4.12. The van der Waals surface area contributed by atoms with Gasteiger partial charge in [0.25, 0.3) is 0 Å². The zero-order chi connectivity index (χ0) is 19.2. The molecule has 0 aliphatic carbocycles. The molecule has 0 spiro atoms. The maximum Gasteiger partial charge on any atom is 0.242 e. The summed E-state index contributed by atoms with van der Waals surface area (Å²) in [6.45, 7) is 3.27. The summed E-state index contributed by atoms with van der Waals surface area (Å²) >= 11 is 12.0. The molecule has 3 rings (SSSR count). The minimum atomic E-state index is 0.0346. The van der Waals surface area contributed by atoms with Crippen LogP contribution in [0.5, 0.6) is 0 Å². The molecule has 4 nitrogen and oxygen atoms in total. The summed E-state index contributed by atoms with van der Waals surface area (Å²) in [5.41, 5.74) is 1.94. The molecule has 0 bridgehead atoms. The molecule has 2 aromatic carbocycles. The third-order valence-corrected chi connectivity index (χ3v) is 5.78. The fraction of sp³-hybridized carbons (Fsp3) is 0.381. The molecule has 1 fully saturated rings. The van der Waals surface area contributed by atoms with Gasteiger partial charge in [-0.3, -0.25) is 4.79 Å². The summed E-state index contributed by atoms with van der Waals surface area (Å²) in [5.74, 6) is 0.0362. The first-order valence-electron chi connectivity index (χ1n) is 9.26. The van der Waals surface area contributed by atoms with Crippen molar-refractivity contribution >= 4 is 34.8 Å². The molecule has 1 unspecified atom stereocenters. The van der Waals surface area contributed by atoms with E-state index in [0.717, 1.165) is 30.9 Å². The number of likely N-dealkylation sites (N-methyl/N-ethyl adjacent to an activating group) is 1. The lowest BCUT2D eigenvalue weighted by molar-refractivity contribution is -0.130. The Morgan fingerprint density at radius 1 is 1.11 bits per heavy atom. The molecular weight excluding hydrogens is 381 g/mol. The highest BCUT2D eigenvalue weighted by molar-refractivity contribution is 6.42. The molecule has 0 aromatic heterocycles. The van der Waals surface area contributed by atoms with E-state index in [0.29, 0.717) is 10.0 Å². The molecule has 1 N–H and O–H groups in total. The van der Waals surface area contributed by atoms with Gasteiger partial charge in [-0.25, -0.2) is 0 Å². The molecule has 1 amide bonds. The summed E-state index contributed by atoms with van der Waals surface area (Å²) in [4.78, 5) is 17.1. The molecule has 0 radical (unpaired) electrons. The molecule has 2 aromatic rings. The molecule has 144 valence electrons. The van der Waals surface area contributed by atoms with Crippen molar-refractivity contribution in [3.05, 3.63) is 64.1 Å². The van der Waals surface area contributed by atoms with Gasteiger partial charge in [-0.2, -0.15) is 0 Å². The number of hydrogen-bond acceptors (Lipinski definition) is 3. The SMILES string of the molecule is CN(C(=O)CNc1ccc(Cl)c(Cl)c1)C(CN1CCCC1)c1ccccc1. The van der Waals surface area contributed by atoms with E-state index in [1.807, 2.05) is 36.2 Å². The first-order valence-corrected chi connectivity index (χ1v) is 10.0. The van der Waals surface area contributed by atoms with Crippen LogP contribution in [0.1, 0.15) is 24.4 Å². The number of nitrogens with one attached hydrogen (secondary N) is 1. The number of likely N-dealkylation sites (tertiary alicyclic amines) is 1. The van der Waals surface area contributed by atoms with Gasteiger partial charge >= 0.3 is 0 Å². The van der Waals surface area contributed by atoms with Crippen LogP contribution in [0.25, 0.3) is 0 Å². The second-order valence-corrected chi connectivity index (χ2v) is 7.74. The number of rotatable bonds is 7. The van der Waals surface area contributed by atoms with Crippen molar-refractivity contribution in [2.24, 2.45) is 0 Å². The molecule has 27 heavy (non-hydrogen) atoms. The van der Waals surface area contributed by atoms with Crippen LogP contribution >= 0.6 is 23.2 Å². The van der Waals surface area contributed by atoms with Crippen LogP contribution in [0.2, 0.25) is 10.0 Å². The predicted octanol–water partition coefficient (Wildman–Crippen LogP) is 4.70. The normalized spacial score (nSPS) is 15.5. The van der Waals surface area contributed by atoms with E-state index in [9.17, 15) is 4.79 Å². The van der Waals surface area contributed by atoms with Crippen LogP contribution in [0, 0.1) is 0 Å². The predicted molar refractivity (Wildman–Crippen MR) is 113 cm³/mol. The molecule has 0 saturated carbocycles. The Balaban J connectivity index is 1.67. The van der Waals surface area contributed by atoms with Gasteiger partial charge in [0.05, 0.1) is 22.6 Å². The largest absolute Gasteiger partial charge is 0.376 e. The maximum absolute atomic E-state index is 12.8. The lowest BCUT2D eigenvalue weighted by Gasteiger charge is -2.32. The highest BCUT2D eigenvalue weighted by atomic mass is 35.5. The molecule has 1 aliphatic rings. The van der Waals surface area contributed by atoms with Gasteiger partial charge in [0.2, 0.25) is 5.91 Å². The fourth-order valence-electron chi connectivity index (χ4n) is 3.42. The Labute approximate surface area is 171 Å². The summed E-state index contributed by atoms with van der Waals surface area (Å²) in [7, 11) is 1.88. The summed E-state index contributed by atoms with van der Waals surface area (Å²) in [6, 6.07) is 15.6. The molecule has 1 atom stereocenters. The average Bonchev–Trinajstić information content (AvgIpc) is 3.20. The van der Waals surface area contributed by atoms with E-state index in [-0.39, 0.29) is 18.5 Å². The minimum absolute atomic E-state index is 0.0346. The quantitative estimate of drug-likeness (QED) is 0.724. The van der Waals surface area contributed by atoms with E-state index < -0.39 is 0 Å². The molecular formula is C21H25Cl2N3O. The standard InChI is InChI=1S/C21H25Cl2N3O/c1-25(21(27)14-24-17-9-10-18(22)19(23)13-17)20(15-26-11-5-6-12-26)16-7-3-2-4-8-16/h2-4,7-10,13,20,24H,5-6,11-12,14-15H2,1H3. The number of halogens is 2. The van der Waals surface area contributed by atoms with E-state index >= 15 is 0 Å². The van der Waals surface area contributed by atoms with E-state index in [2.05, 4.69) is 22.3 Å². The van der Waals surface area contributed by atoms with Gasteiger partial charge in [-0.15, -0.1) is 0 Å². The number of carbonyl (C=O) groups excluding carboxylic acids is 1. The second-order valence-electron chi connectivity index (χ2n) is 6.92. The van der Waals surface area contributed by atoms with Crippen molar-refractivity contribution in [2.75, 3.05) is 38.5 Å². The van der Waals surface area contributed by atoms with Crippen molar-refractivity contribution < 1.29 is 4.79 Å². The second kappa shape index (κ2) is 9.45. The fourth-order valence-corrected chi connectivity index (χ4v) is 3.72. The summed E-state index contributed by atoms with van der Waals surface area (Å²) in [6.07, 6.45) is 2.47. The maximum atomic E-state index is 12.8. The lowest BCUT2D eigenvalue weighted by atomic mass is 10.0. The Bertz CT molecular complexity index is 763. The first kappa shape index (κ1) is 20.0. The van der Waals surface area contributed by atoms with Crippen molar-refractivity contribution in [2.45, 2.75) is 18.9 Å². The van der Waals surface area contributed by atoms with Gasteiger partial charge < -0.3 is 15.1 Å². The lowest BCUT2D eigenvalue weighted by Crippen LogP contribution is -2.40. The summed E-state index contributed by atoms with van der Waals surface area (Å²) < 4.78 is 0. The van der Waals surface area contributed by atoms with Crippen molar-refractivity contribution in [1.82, 2.24) is 9.80 Å². The van der Waals surface area contributed by atoms with Gasteiger partial charge in [-0.1, -0.05) is 53.5 Å². The third kappa shape index (κ3) is 5.38. The van der Waals surface area contributed by atoms with Crippen LogP contribution in [-0.4, -0.2) is 48.9 Å². The number of nitrogens with zero attached hydrogens (tertiary/aromatic N) is 2. The Morgan fingerprint density at radius 2 is 1.81 bits per heavy atom. The topological polar surface area (TPSA) is 35.6 Å². The first-order chi connectivity index (χ1) is 13.0. The van der Waals surface area contributed by atoms with Crippen LogP contribution in [0.4, 0.5) is 5.69 Å². The Morgan fingerprint density at radius 3 is 2.48 bits per heavy atom. The van der Waals surface area contributed by atoms with E-state index in [1.165, 1.54) is 12.8 Å². The molecule has 1 heterocycles. The number of benzene rings is 2. The monoisotopic (exact) mass is 405 g/mol. The number of anilines is 1. The average molecular weight is 406 g/mol. The molecule has 1 saturated heterocycles. The van der Waals surface area contributed by atoms with E-state index in [1.54, 1.807) is 12.1 Å². The zero-order valence-electron chi connectivity index (χ0n) is 15.5. The van der Waals surface area contributed by atoms with Crippen LogP contribution in [0.15, 0.2) is 48.5 Å². The van der Waals surface area contributed by atoms with Crippen LogP contribution in [0.3, 0.4) is 0 Å². The molecule has 1 aliphatic heterocycles. The number of amides is 1. The van der Waals surface area contributed by atoms with Crippen molar-refractivity contribution in [3.63, 3.8) is 0 Å². The van der Waals surface area contributed by atoms with Gasteiger partial charge in [-0.05, 0) is 49.7 Å². The van der Waals surface area contributed by atoms with Crippen LogP contribution < -0.4 is 5.32 Å². The van der Waals surface area contributed by atoms with E-state index in [4.69, 9.17) is 23.2 Å². The smallest absolute Gasteiger partial charge is 0.242 e. The molecule has 6 heteroatoms. The van der Waals surface area contributed by atoms with Gasteiger partial charge in [0, 0.05) is 19.3 Å². The number of carbonyl (C=O) groups is 1. The zero-order valence-corrected chi connectivity index (χ0v) is 17.0. The van der Waals surface area contributed by atoms with Crippen LogP contribution in [-0.2, 0) is 4.79 Å². The Kier molecular flexibility index (Phi) is 7.00. The van der Waals surface area contributed by atoms with Gasteiger partial charge in [0.1, 0.15) is 0 Å². The highest BCUT2D eigenvalue weighted by Gasteiger charge is 2.25.